The molecule has 31 heavy (non-hydrogen) atoms. The molecule has 2 aromatic carbocycles. The normalized spacial score (nSPS) is 17.5. The number of nitrogens with one attached hydrogen (secondary N) is 3. The number of hydrogen-bond donors (Lipinski definition) is 3. The highest BCUT2D eigenvalue weighted by Crippen LogP contribution is 2.15. The lowest BCUT2D eigenvalue weighted by molar-refractivity contribution is -0.140. The maximum Gasteiger partial charge on any atom is 0.408 e. The molecule has 3 rings (SSSR count). The first-order valence-corrected chi connectivity index (χ1v) is 10.2. The van der Waals surface area contributed by atoms with Gasteiger partial charge in [-0.15, -0.1) is 0 Å². The summed E-state index contributed by atoms with van der Waals surface area (Å²) >= 11 is 0. The molecule has 3 amide bonds. The number of alkyl carbamates (subject to hydrolysis) is 1. The number of ketones is 1. The summed E-state index contributed by atoms with van der Waals surface area (Å²) in [6, 6.07) is 15.8. The predicted molar refractivity (Wildman–Crippen MR) is 113 cm³/mol. The molecule has 2 atom stereocenters. The number of carbonyl (C=O) groups excluding carboxylic acids is 4. The van der Waals surface area contributed by atoms with E-state index in [9.17, 15) is 19.2 Å². The Kier molecular flexibility index (Phi) is 7.75. The topological polar surface area (TPSA) is 114 Å². The highest BCUT2D eigenvalue weighted by molar-refractivity contribution is 6.38. The third-order valence-electron chi connectivity index (χ3n) is 4.93. The lowest BCUT2D eigenvalue weighted by atomic mass is 10.0. The van der Waals surface area contributed by atoms with Crippen LogP contribution in [-0.4, -0.2) is 36.3 Å². The Labute approximate surface area is 180 Å². The molecule has 0 aliphatic carbocycles. The molecule has 0 aromatic heterocycles. The first-order chi connectivity index (χ1) is 15.0. The molecule has 1 fully saturated rings. The van der Waals surface area contributed by atoms with E-state index >= 15 is 0 Å². The number of rotatable bonds is 6. The molecule has 1 saturated heterocycles. The zero-order valence-corrected chi connectivity index (χ0v) is 17.0. The van der Waals surface area contributed by atoms with Crippen LogP contribution in [0.2, 0.25) is 0 Å². The lowest BCUT2D eigenvalue weighted by Gasteiger charge is -2.24. The molecular formula is C23H25N3O5. The van der Waals surface area contributed by atoms with E-state index in [1.165, 1.54) is 0 Å². The molecule has 1 heterocycles. The lowest BCUT2D eigenvalue weighted by Crippen LogP contribution is -2.51. The number of ether oxygens (including phenoxy) is 1. The van der Waals surface area contributed by atoms with E-state index in [-0.39, 0.29) is 6.61 Å². The molecule has 2 aromatic rings. The van der Waals surface area contributed by atoms with Gasteiger partial charge in [-0.2, -0.15) is 0 Å². The van der Waals surface area contributed by atoms with Crippen LogP contribution in [0, 0.1) is 0 Å². The second kappa shape index (κ2) is 10.9. The number of hydrogen-bond acceptors (Lipinski definition) is 5. The number of amides is 3. The van der Waals surface area contributed by atoms with Gasteiger partial charge in [-0.1, -0.05) is 60.7 Å². The van der Waals surface area contributed by atoms with Gasteiger partial charge in [-0.05, 0) is 30.4 Å². The van der Waals surface area contributed by atoms with Crippen LogP contribution in [0.3, 0.4) is 0 Å². The van der Waals surface area contributed by atoms with Crippen LogP contribution in [-0.2, 0) is 25.7 Å². The van der Waals surface area contributed by atoms with Gasteiger partial charge in [0, 0.05) is 6.54 Å². The Balaban J connectivity index is 1.69. The third kappa shape index (κ3) is 6.40. The molecule has 8 heteroatoms. The van der Waals surface area contributed by atoms with Gasteiger partial charge in [-0.25, -0.2) is 4.79 Å². The fraction of sp³-hybridized carbons (Fsp3) is 0.304. The molecule has 1 aliphatic heterocycles. The van der Waals surface area contributed by atoms with E-state index in [0.29, 0.717) is 24.9 Å². The fourth-order valence-corrected chi connectivity index (χ4v) is 3.27. The van der Waals surface area contributed by atoms with Crippen molar-refractivity contribution in [2.24, 2.45) is 0 Å². The molecule has 3 N–H and O–H groups in total. The van der Waals surface area contributed by atoms with Gasteiger partial charge in [0.05, 0.1) is 6.04 Å². The van der Waals surface area contributed by atoms with E-state index in [4.69, 9.17) is 4.74 Å². The number of Topliss-reactive ketones (excluding diaryl/α,β-unsaturated/α-hetero) is 1. The summed E-state index contributed by atoms with van der Waals surface area (Å²) in [4.78, 5) is 49.6. The average Bonchev–Trinajstić information content (AvgIpc) is 2.80. The monoisotopic (exact) mass is 423 g/mol. The Morgan fingerprint density at radius 1 is 1.00 bits per heavy atom. The molecule has 0 bridgehead atoms. The molecule has 1 aliphatic rings. The van der Waals surface area contributed by atoms with Crippen LogP contribution >= 0.6 is 0 Å². The van der Waals surface area contributed by atoms with Gasteiger partial charge in [0.15, 0.2) is 0 Å². The van der Waals surface area contributed by atoms with Gasteiger partial charge in [0.25, 0.3) is 5.91 Å². The molecule has 8 nitrogen and oxygen atoms in total. The highest BCUT2D eigenvalue weighted by atomic mass is 16.5. The van der Waals surface area contributed by atoms with Crippen molar-refractivity contribution in [2.45, 2.75) is 38.0 Å². The van der Waals surface area contributed by atoms with Crippen LogP contribution in [0.4, 0.5) is 4.79 Å². The molecule has 2 unspecified atom stereocenters. The van der Waals surface area contributed by atoms with E-state index < -0.39 is 35.8 Å². The van der Waals surface area contributed by atoms with Crippen LogP contribution < -0.4 is 16.0 Å². The summed E-state index contributed by atoms with van der Waals surface area (Å²) in [6.45, 7) is 0.490. The number of carbonyl (C=O) groups is 4. The van der Waals surface area contributed by atoms with Gasteiger partial charge in [0.2, 0.25) is 11.7 Å². The van der Waals surface area contributed by atoms with Crippen molar-refractivity contribution >= 4 is 23.7 Å². The maximum atomic E-state index is 13.0. The van der Waals surface area contributed by atoms with Crippen molar-refractivity contribution in [3.8, 4) is 0 Å². The molecular weight excluding hydrogens is 398 g/mol. The summed E-state index contributed by atoms with van der Waals surface area (Å²) in [5, 5.41) is 7.72. The summed E-state index contributed by atoms with van der Waals surface area (Å²) in [5.74, 6) is -1.99. The Morgan fingerprint density at radius 2 is 1.68 bits per heavy atom. The minimum Gasteiger partial charge on any atom is -0.445 e. The number of benzene rings is 2. The second-order valence-corrected chi connectivity index (χ2v) is 7.23. The average molecular weight is 423 g/mol. The SMILES string of the molecule is O=C(NC(C(=O)NC1CCCCNC(=O)C1=O)c1ccccc1)OCc1ccccc1. The van der Waals surface area contributed by atoms with Gasteiger partial charge < -0.3 is 20.7 Å². The summed E-state index contributed by atoms with van der Waals surface area (Å²) in [6.07, 6.45) is 0.990. The van der Waals surface area contributed by atoms with Crippen molar-refractivity contribution in [1.82, 2.24) is 16.0 Å². The van der Waals surface area contributed by atoms with E-state index in [1.54, 1.807) is 30.3 Å². The minimum absolute atomic E-state index is 0.0527. The minimum atomic E-state index is -1.08. The molecule has 0 saturated carbocycles. The summed E-state index contributed by atoms with van der Waals surface area (Å²) in [7, 11) is 0. The van der Waals surface area contributed by atoms with E-state index in [0.717, 1.165) is 12.0 Å². The Morgan fingerprint density at radius 3 is 2.39 bits per heavy atom. The predicted octanol–water partition coefficient (Wildman–Crippen LogP) is 2.01. The zero-order valence-electron chi connectivity index (χ0n) is 17.0. The molecule has 0 radical (unpaired) electrons. The van der Waals surface area contributed by atoms with Crippen molar-refractivity contribution in [3.63, 3.8) is 0 Å². The van der Waals surface area contributed by atoms with Crippen molar-refractivity contribution in [2.75, 3.05) is 6.54 Å². The first kappa shape index (κ1) is 22.0. The first-order valence-electron chi connectivity index (χ1n) is 10.2. The largest absolute Gasteiger partial charge is 0.445 e. The van der Waals surface area contributed by atoms with Crippen LogP contribution in [0.15, 0.2) is 60.7 Å². The standard InChI is InChI=1S/C23H25N3O5/c27-20-18(13-7-8-14-24-22(20)29)25-21(28)19(17-11-5-2-6-12-17)26-23(30)31-15-16-9-3-1-4-10-16/h1-6,9-12,18-19H,7-8,13-15H2,(H,24,29)(H,25,28)(H,26,30). The zero-order chi connectivity index (χ0) is 22.1. The van der Waals surface area contributed by atoms with Crippen LogP contribution in [0.5, 0.6) is 0 Å². The molecule has 0 spiro atoms. The fourth-order valence-electron chi connectivity index (χ4n) is 3.27. The summed E-state index contributed by atoms with van der Waals surface area (Å²) < 4.78 is 5.23. The Hall–Kier alpha value is -3.68. The van der Waals surface area contributed by atoms with Crippen LogP contribution in [0.25, 0.3) is 0 Å². The highest BCUT2D eigenvalue weighted by Gasteiger charge is 2.31. The van der Waals surface area contributed by atoms with Gasteiger partial charge in [0.1, 0.15) is 12.6 Å². The summed E-state index contributed by atoms with van der Waals surface area (Å²) in [5.41, 5.74) is 1.34. The van der Waals surface area contributed by atoms with Crippen LogP contribution in [0.1, 0.15) is 36.4 Å². The third-order valence-corrected chi connectivity index (χ3v) is 4.93. The van der Waals surface area contributed by atoms with Gasteiger partial charge >= 0.3 is 6.09 Å². The Bertz CT molecular complexity index is 917. The van der Waals surface area contributed by atoms with E-state index in [2.05, 4.69) is 16.0 Å². The van der Waals surface area contributed by atoms with E-state index in [1.807, 2.05) is 30.3 Å². The smallest absolute Gasteiger partial charge is 0.408 e. The maximum absolute atomic E-state index is 13.0. The van der Waals surface area contributed by atoms with Gasteiger partial charge in [-0.3, -0.25) is 14.4 Å². The molecule has 162 valence electrons. The quantitative estimate of drug-likeness (QED) is 0.615. The van der Waals surface area contributed by atoms with Crippen molar-refractivity contribution in [3.05, 3.63) is 71.8 Å². The second-order valence-electron chi connectivity index (χ2n) is 7.23. The van der Waals surface area contributed by atoms with Crippen molar-refractivity contribution in [1.29, 1.82) is 0 Å². The van der Waals surface area contributed by atoms with Crippen molar-refractivity contribution < 1.29 is 23.9 Å².